The Hall–Kier alpha value is -1.20. The number of hydrogen-bond acceptors (Lipinski definition) is 4. The lowest BCUT2D eigenvalue weighted by molar-refractivity contribution is -0.232. The van der Waals surface area contributed by atoms with Gasteiger partial charge in [0.25, 0.3) is 11.8 Å². The molecule has 5 nitrogen and oxygen atoms in total. The van der Waals surface area contributed by atoms with Gasteiger partial charge in [-0.3, -0.25) is 14.5 Å². The molecule has 1 aliphatic heterocycles. The monoisotopic (exact) mass is 277 g/mol. The molecule has 2 unspecified atom stereocenters. The molecule has 4 saturated carbocycles. The lowest BCUT2D eigenvalue weighted by atomic mass is 9.46. The first kappa shape index (κ1) is 12.5. The third kappa shape index (κ3) is 1.69. The molecule has 0 aromatic carbocycles. The third-order valence-electron chi connectivity index (χ3n) is 5.52. The zero-order chi connectivity index (χ0) is 14.2. The fraction of sp³-hybridized carbons (Fsp3) is 0.733. The van der Waals surface area contributed by atoms with Crippen LogP contribution in [0.25, 0.3) is 0 Å². The van der Waals surface area contributed by atoms with E-state index in [0.717, 1.165) is 19.3 Å². The van der Waals surface area contributed by atoms with E-state index in [-0.39, 0.29) is 17.2 Å². The van der Waals surface area contributed by atoms with Crippen molar-refractivity contribution in [3.8, 4) is 0 Å². The summed E-state index contributed by atoms with van der Waals surface area (Å²) in [6.07, 6.45) is 6.62. The summed E-state index contributed by atoms with van der Waals surface area (Å²) >= 11 is 0. The zero-order valence-electron chi connectivity index (χ0n) is 11.3. The van der Waals surface area contributed by atoms with Crippen LogP contribution < -0.4 is 0 Å². The van der Waals surface area contributed by atoms with E-state index in [4.69, 9.17) is 0 Å². The van der Waals surface area contributed by atoms with Crippen molar-refractivity contribution in [2.24, 2.45) is 11.3 Å². The molecule has 4 bridgehead atoms. The lowest BCUT2D eigenvalue weighted by Crippen LogP contribution is -2.65. The normalized spacial score (nSPS) is 49.5. The largest absolute Gasteiger partial charge is 0.390 e. The molecule has 5 heteroatoms. The van der Waals surface area contributed by atoms with Gasteiger partial charge in [-0.2, -0.15) is 0 Å². The van der Waals surface area contributed by atoms with E-state index in [0.29, 0.717) is 31.7 Å². The zero-order valence-corrected chi connectivity index (χ0v) is 11.3. The Morgan fingerprint density at radius 2 is 1.55 bits per heavy atom. The van der Waals surface area contributed by atoms with E-state index in [1.54, 1.807) is 0 Å². The number of aliphatic hydroxyl groups is 2. The van der Waals surface area contributed by atoms with Gasteiger partial charge >= 0.3 is 0 Å². The van der Waals surface area contributed by atoms with Crippen LogP contribution in [0.5, 0.6) is 0 Å². The molecule has 0 spiro atoms. The summed E-state index contributed by atoms with van der Waals surface area (Å²) in [6, 6.07) is 0. The van der Waals surface area contributed by atoms with Crippen molar-refractivity contribution in [1.29, 1.82) is 0 Å². The first-order chi connectivity index (χ1) is 9.31. The summed E-state index contributed by atoms with van der Waals surface area (Å²) in [5.41, 5.74) is -1.93. The molecule has 0 radical (unpaired) electrons. The highest BCUT2D eigenvalue weighted by Crippen LogP contribution is 2.63. The van der Waals surface area contributed by atoms with Crippen LogP contribution in [0.2, 0.25) is 0 Å². The molecule has 0 saturated heterocycles. The minimum Gasteiger partial charge on any atom is -0.390 e. The second-order valence-corrected chi connectivity index (χ2v) is 7.55. The molecule has 0 aromatic rings. The van der Waals surface area contributed by atoms with Crippen LogP contribution in [-0.4, -0.2) is 44.7 Å². The maximum Gasteiger partial charge on any atom is 0.253 e. The van der Waals surface area contributed by atoms with Gasteiger partial charge in [-0.05, 0) is 43.4 Å². The van der Waals surface area contributed by atoms with Crippen LogP contribution >= 0.6 is 0 Å². The van der Waals surface area contributed by atoms with E-state index in [1.165, 1.54) is 17.1 Å². The topological polar surface area (TPSA) is 77.8 Å². The predicted molar refractivity (Wildman–Crippen MR) is 69.4 cm³/mol. The molecular weight excluding hydrogens is 258 g/mol. The van der Waals surface area contributed by atoms with Crippen molar-refractivity contribution in [3.63, 3.8) is 0 Å². The van der Waals surface area contributed by atoms with Gasteiger partial charge in [0.1, 0.15) is 0 Å². The third-order valence-corrected chi connectivity index (χ3v) is 5.52. The summed E-state index contributed by atoms with van der Waals surface area (Å²) in [4.78, 5) is 24.8. The fourth-order valence-corrected chi connectivity index (χ4v) is 5.63. The van der Waals surface area contributed by atoms with Crippen LogP contribution in [0, 0.1) is 11.3 Å². The summed E-state index contributed by atoms with van der Waals surface area (Å²) in [5, 5.41) is 21.3. The molecule has 2 N–H and O–H groups in total. The van der Waals surface area contributed by atoms with Gasteiger partial charge in [-0.1, -0.05) is 0 Å². The van der Waals surface area contributed by atoms with Crippen LogP contribution in [0.1, 0.15) is 38.5 Å². The molecule has 5 aliphatic rings. The first-order valence-corrected chi connectivity index (χ1v) is 7.29. The maximum absolute atomic E-state index is 11.8. The smallest absolute Gasteiger partial charge is 0.253 e. The number of hydrogen-bond donors (Lipinski definition) is 2. The standard InChI is InChI=1S/C15H19NO4/c17-11-1-2-12(18)16(11)9-13-3-10-4-14(19,6-13)8-15(20,5-10)7-13/h1-2,10,19-20H,3-9H2. The van der Waals surface area contributed by atoms with Crippen molar-refractivity contribution in [1.82, 2.24) is 4.90 Å². The van der Waals surface area contributed by atoms with Gasteiger partial charge in [0.05, 0.1) is 11.2 Å². The Bertz CT molecular complexity index is 504. The number of carbonyl (C=O) groups is 2. The van der Waals surface area contributed by atoms with Gasteiger partial charge in [-0.25, -0.2) is 0 Å². The number of carbonyl (C=O) groups excluding carboxylic acids is 2. The highest BCUT2D eigenvalue weighted by molar-refractivity contribution is 6.12. The highest BCUT2D eigenvalue weighted by Gasteiger charge is 2.63. The number of rotatable bonds is 2. The minimum atomic E-state index is -0.812. The first-order valence-electron chi connectivity index (χ1n) is 7.29. The SMILES string of the molecule is O=C1C=CC(=O)N1CC12CC3CC(O)(CC(O)(C3)C1)C2. The molecule has 108 valence electrons. The minimum absolute atomic E-state index is 0.273. The second-order valence-electron chi connectivity index (χ2n) is 7.55. The fourth-order valence-electron chi connectivity index (χ4n) is 5.63. The maximum atomic E-state index is 11.8. The second kappa shape index (κ2) is 3.52. The van der Waals surface area contributed by atoms with E-state index < -0.39 is 11.2 Å². The van der Waals surface area contributed by atoms with Crippen LogP contribution in [0.4, 0.5) is 0 Å². The highest BCUT2D eigenvalue weighted by atomic mass is 16.3. The number of amides is 2. The predicted octanol–water partition coefficient (Wildman–Crippen LogP) is 0.358. The molecule has 2 atom stereocenters. The van der Waals surface area contributed by atoms with Crippen molar-refractivity contribution in [2.45, 2.75) is 49.7 Å². The summed E-state index contributed by atoms with van der Waals surface area (Å²) in [7, 11) is 0. The molecule has 4 fully saturated rings. The van der Waals surface area contributed by atoms with Gasteiger partial charge in [-0.15, -0.1) is 0 Å². The molecule has 2 amide bonds. The summed E-state index contributed by atoms with van der Waals surface area (Å²) in [6.45, 7) is 0.332. The molecule has 5 rings (SSSR count). The van der Waals surface area contributed by atoms with Gasteiger partial charge in [0.2, 0.25) is 0 Å². The average Bonchev–Trinajstić information content (AvgIpc) is 2.55. The van der Waals surface area contributed by atoms with Gasteiger partial charge in [0.15, 0.2) is 0 Å². The van der Waals surface area contributed by atoms with E-state index in [9.17, 15) is 19.8 Å². The molecule has 20 heavy (non-hydrogen) atoms. The summed E-state index contributed by atoms with van der Waals surface area (Å²) in [5.74, 6) is -0.239. The molecule has 4 aliphatic carbocycles. The Kier molecular flexibility index (Phi) is 2.20. The quantitative estimate of drug-likeness (QED) is 0.714. The molecule has 1 heterocycles. The van der Waals surface area contributed by atoms with E-state index in [2.05, 4.69) is 0 Å². The Morgan fingerprint density at radius 1 is 1.00 bits per heavy atom. The van der Waals surface area contributed by atoms with Crippen molar-refractivity contribution in [2.75, 3.05) is 6.54 Å². The Morgan fingerprint density at radius 3 is 2.05 bits per heavy atom. The van der Waals surface area contributed by atoms with Gasteiger partial charge in [0, 0.05) is 25.1 Å². The van der Waals surface area contributed by atoms with E-state index in [1.807, 2.05) is 0 Å². The van der Waals surface area contributed by atoms with Crippen molar-refractivity contribution < 1.29 is 19.8 Å². The molecular formula is C15H19NO4. The lowest BCUT2D eigenvalue weighted by Gasteiger charge is -2.63. The number of imide groups is 1. The van der Waals surface area contributed by atoms with Crippen molar-refractivity contribution >= 4 is 11.8 Å². The van der Waals surface area contributed by atoms with Gasteiger partial charge < -0.3 is 10.2 Å². The van der Waals surface area contributed by atoms with Crippen LogP contribution in [0.15, 0.2) is 12.2 Å². The Balaban J connectivity index is 1.64. The van der Waals surface area contributed by atoms with Crippen LogP contribution in [-0.2, 0) is 9.59 Å². The average molecular weight is 277 g/mol. The Labute approximate surface area is 117 Å². The molecule has 0 aromatic heterocycles. The number of nitrogens with zero attached hydrogens (tertiary/aromatic N) is 1. The van der Waals surface area contributed by atoms with Crippen LogP contribution in [0.3, 0.4) is 0 Å². The summed E-state index contributed by atoms with van der Waals surface area (Å²) < 4.78 is 0. The van der Waals surface area contributed by atoms with Crippen molar-refractivity contribution in [3.05, 3.63) is 12.2 Å². The van der Waals surface area contributed by atoms with E-state index >= 15 is 0 Å².